The van der Waals surface area contributed by atoms with Crippen LogP contribution in [0.3, 0.4) is 0 Å². The van der Waals surface area contributed by atoms with E-state index in [1.165, 1.54) is 0 Å². The zero-order valence-electron chi connectivity index (χ0n) is 13.8. The Morgan fingerprint density at radius 3 is 2.71 bits per heavy atom. The summed E-state index contributed by atoms with van der Waals surface area (Å²) in [6.45, 7) is 5.20. The highest BCUT2D eigenvalue weighted by Gasteiger charge is 2.34. The maximum Gasteiger partial charge on any atom is 0.257 e. The Balaban J connectivity index is 1.72. The number of piperazine rings is 1. The van der Waals surface area contributed by atoms with Crippen LogP contribution in [0.15, 0.2) is 24.4 Å². The molecule has 0 bridgehead atoms. The van der Waals surface area contributed by atoms with Gasteiger partial charge in [-0.15, -0.1) is 0 Å². The second-order valence-electron chi connectivity index (χ2n) is 6.61. The van der Waals surface area contributed by atoms with E-state index >= 15 is 0 Å². The molecular formula is C18H21ClN4O. The van der Waals surface area contributed by atoms with Gasteiger partial charge >= 0.3 is 0 Å². The normalized spacial score (nSPS) is 18.0. The second-order valence-corrected chi connectivity index (χ2v) is 7.01. The van der Waals surface area contributed by atoms with Crippen molar-refractivity contribution in [2.75, 3.05) is 26.2 Å². The van der Waals surface area contributed by atoms with E-state index in [1.54, 1.807) is 6.20 Å². The van der Waals surface area contributed by atoms with Crippen molar-refractivity contribution >= 4 is 17.5 Å². The van der Waals surface area contributed by atoms with Crippen LogP contribution in [0.1, 0.15) is 40.4 Å². The molecule has 2 fully saturated rings. The van der Waals surface area contributed by atoms with Gasteiger partial charge in [0.2, 0.25) is 0 Å². The van der Waals surface area contributed by atoms with Crippen molar-refractivity contribution < 1.29 is 4.79 Å². The first-order valence-corrected chi connectivity index (χ1v) is 8.87. The lowest BCUT2D eigenvalue weighted by atomic mass is 10.1. The van der Waals surface area contributed by atoms with Crippen molar-refractivity contribution in [1.82, 2.24) is 20.0 Å². The predicted octanol–water partition coefficient (Wildman–Crippen LogP) is 2.76. The largest absolute Gasteiger partial charge is 0.336 e. The van der Waals surface area contributed by atoms with Gasteiger partial charge in [0.15, 0.2) is 0 Å². The van der Waals surface area contributed by atoms with Gasteiger partial charge in [-0.1, -0.05) is 17.7 Å². The Morgan fingerprint density at radius 2 is 2.04 bits per heavy atom. The Morgan fingerprint density at radius 1 is 1.29 bits per heavy atom. The SMILES string of the molecule is Cc1ccc(-n2ncc(C(=O)N3CCNCC3)c2C2CC2)cc1Cl. The summed E-state index contributed by atoms with van der Waals surface area (Å²) in [5.74, 6) is 0.525. The van der Waals surface area contributed by atoms with Crippen LogP contribution in [0.2, 0.25) is 5.02 Å². The minimum Gasteiger partial charge on any atom is -0.336 e. The molecule has 1 N–H and O–H groups in total. The number of rotatable bonds is 3. The molecule has 4 rings (SSSR count). The fourth-order valence-corrected chi connectivity index (χ4v) is 3.40. The average molecular weight is 345 g/mol. The average Bonchev–Trinajstić information content (AvgIpc) is 3.36. The van der Waals surface area contributed by atoms with Gasteiger partial charge in [-0.2, -0.15) is 5.10 Å². The van der Waals surface area contributed by atoms with Crippen LogP contribution in [-0.2, 0) is 0 Å². The van der Waals surface area contributed by atoms with E-state index in [1.807, 2.05) is 34.7 Å². The van der Waals surface area contributed by atoms with Crippen LogP contribution < -0.4 is 5.32 Å². The number of carbonyl (C=O) groups is 1. The number of nitrogens with one attached hydrogen (secondary N) is 1. The number of halogens is 1. The van der Waals surface area contributed by atoms with Crippen LogP contribution in [0.4, 0.5) is 0 Å². The zero-order chi connectivity index (χ0) is 16.7. The van der Waals surface area contributed by atoms with Crippen molar-refractivity contribution in [3.63, 3.8) is 0 Å². The lowest BCUT2D eigenvalue weighted by molar-refractivity contribution is 0.0734. The van der Waals surface area contributed by atoms with E-state index in [2.05, 4.69) is 10.4 Å². The minimum absolute atomic E-state index is 0.0999. The molecule has 1 saturated carbocycles. The van der Waals surface area contributed by atoms with Gasteiger partial charge in [-0.25, -0.2) is 4.68 Å². The summed E-state index contributed by atoms with van der Waals surface area (Å²) in [6.07, 6.45) is 3.96. The van der Waals surface area contributed by atoms with Gasteiger partial charge in [-0.05, 0) is 37.5 Å². The summed E-state index contributed by atoms with van der Waals surface area (Å²) in [6, 6.07) is 5.93. The van der Waals surface area contributed by atoms with Crippen LogP contribution >= 0.6 is 11.6 Å². The van der Waals surface area contributed by atoms with Crippen LogP contribution in [0.5, 0.6) is 0 Å². The van der Waals surface area contributed by atoms with Gasteiger partial charge in [-0.3, -0.25) is 4.79 Å². The molecule has 0 atom stereocenters. The van der Waals surface area contributed by atoms with E-state index in [4.69, 9.17) is 11.6 Å². The first-order chi connectivity index (χ1) is 11.6. The molecule has 1 aliphatic heterocycles. The summed E-state index contributed by atoms with van der Waals surface area (Å²) in [5, 5.41) is 8.54. The maximum atomic E-state index is 12.9. The molecule has 0 radical (unpaired) electrons. The number of benzene rings is 1. The van der Waals surface area contributed by atoms with Gasteiger partial charge < -0.3 is 10.2 Å². The number of hydrogen-bond acceptors (Lipinski definition) is 3. The number of nitrogens with zero attached hydrogens (tertiary/aromatic N) is 3. The molecule has 6 heteroatoms. The number of amides is 1. The molecule has 1 saturated heterocycles. The standard InChI is InChI=1S/C18H21ClN4O/c1-12-2-5-14(10-16(12)19)23-17(13-3-4-13)15(11-21-23)18(24)22-8-6-20-7-9-22/h2,5,10-11,13,20H,3-4,6-9H2,1H3. The smallest absolute Gasteiger partial charge is 0.257 e. The molecule has 24 heavy (non-hydrogen) atoms. The number of carbonyl (C=O) groups excluding carboxylic acids is 1. The minimum atomic E-state index is 0.0999. The van der Waals surface area contributed by atoms with E-state index < -0.39 is 0 Å². The third-order valence-electron chi connectivity index (χ3n) is 4.81. The molecule has 2 aromatic rings. The van der Waals surface area contributed by atoms with Gasteiger partial charge in [0.25, 0.3) is 5.91 Å². The van der Waals surface area contributed by atoms with Crippen LogP contribution in [0.25, 0.3) is 5.69 Å². The third-order valence-corrected chi connectivity index (χ3v) is 5.21. The number of aromatic nitrogens is 2. The van der Waals surface area contributed by atoms with E-state index in [9.17, 15) is 4.79 Å². The van der Waals surface area contributed by atoms with Crippen molar-refractivity contribution in [3.05, 3.63) is 46.2 Å². The van der Waals surface area contributed by atoms with Crippen LogP contribution in [-0.4, -0.2) is 46.8 Å². The van der Waals surface area contributed by atoms with Crippen molar-refractivity contribution in [2.24, 2.45) is 0 Å². The topological polar surface area (TPSA) is 50.2 Å². The molecule has 5 nitrogen and oxygen atoms in total. The molecule has 1 aliphatic carbocycles. The zero-order valence-corrected chi connectivity index (χ0v) is 14.5. The van der Waals surface area contributed by atoms with Gasteiger partial charge in [0.1, 0.15) is 0 Å². The number of aryl methyl sites for hydroxylation is 1. The molecule has 0 unspecified atom stereocenters. The molecule has 1 amide bonds. The molecule has 2 heterocycles. The Labute approximate surface area is 146 Å². The Kier molecular flexibility index (Phi) is 4.06. The van der Waals surface area contributed by atoms with Crippen LogP contribution in [0, 0.1) is 6.92 Å². The lowest BCUT2D eigenvalue weighted by Crippen LogP contribution is -2.46. The number of hydrogen-bond donors (Lipinski definition) is 1. The summed E-state index contributed by atoms with van der Waals surface area (Å²) >= 11 is 6.28. The van der Waals surface area contributed by atoms with Crippen molar-refractivity contribution in [2.45, 2.75) is 25.7 Å². The maximum absolute atomic E-state index is 12.9. The fraction of sp³-hybridized carbons (Fsp3) is 0.444. The first kappa shape index (κ1) is 15.7. The first-order valence-electron chi connectivity index (χ1n) is 8.49. The van der Waals surface area contributed by atoms with E-state index in [-0.39, 0.29) is 5.91 Å². The van der Waals surface area contributed by atoms with Gasteiger partial charge in [0, 0.05) is 37.1 Å². The lowest BCUT2D eigenvalue weighted by Gasteiger charge is -2.27. The second kappa shape index (κ2) is 6.22. The Hall–Kier alpha value is -1.85. The molecule has 1 aromatic heterocycles. The molecule has 0 spiro atoms. The highest BCUT2D eigenvalue weighted by Crippen LogP contribution is 2.43. The highest BCUT2D eigenvalue weighted by molar-refractivity contribution is 6.31. The van der Waals surface area contributed by atoms with E-state index in [0.29, 0.717) is 5.92 Å². The molecule has 1 aromatic carbocycles. The Bertz CT molecular complexity index is 775. The summed E-state index contributed by atoms with van der Waals surface area (Å²) < 4.78 is 1.90. The molecule has 126 valence electrons. The third kappa shape index (κ3) is 2.82. The molecular weight excluding hydrogens is 324 g/mol. The van der Waals surface area contributed by atoms with E-state index in [0.717, 1.165) is 66.6 Å². The van der Waals surface area contributed by atoms with Crippen molar-refractivity contribution in [3.8, 4) is 5.69 Å². The van der Waals surface area contributed by atoms with Crippen molar-refractivity contribution in [1.29, 1.82) is 0 Å². The highest BCUT2D eigenvalue weighted by atomic mass is 35.5. The quantitative estimate of drug-likeness (QED) is 0.931. The summed E-state index contributed by atoms with van der Waals surface area (Å²) in [5.41, 5.74) is 3.75. The molecule has 2 aliphatic rings. The monoisotopic (exact) mass is 344 g/mol. The fourth-order valence-electron chi connectivity index (χ4n) is 3.23. The van der Waals surface area contributed by atoms with Gasteiger partial charge in [0.05, 0.1) is 23.1 Å². The predicted molar refractivity (Wildman–Crippen MR) is 94.1 cm³/mol. The summed E-state index contributed by atoms with van der Waals surface area (Å²) in [4.78, 5) is 14.9. The summed E-state index contributed by atoms with van der Waals surface area (Å²) in [7, 11) is 0.